The molecule has 0 aromatic heterocycles. The Balaban J connectivity index is 4.51. The minimum Gasteiger partial charge on any atom is -0.394 e. The number of carbonyl (C=O) groups excluding carboxylic acids is 2. The monoisotopic (exact) mass is 271 g/mol. The first-order valence-electron chi connectivity index (χ1n) is 4.20. The Bertz CT molecular complexity index is 246. The van der Waals surface area contributed by atoms with Gasteiger partial charge in [0.15, 0.2) is 0 Å². The summed E-state index contributed by atoms with van der Waals surface area (Å²) >= 11 is 2.50. The minimum absolute atomic E-state index is 0.863. The number of carbonyl (C=O) groups is 2. The van der Waals surface area contributed by atoms with Crippen LogP contribution in [0.25, 0.3) is 0 Å². The highest BCUT2D eigenvalue weighted by Crippen LogP contribution is 2.02. The standard InChI is InChI=1S/C7H11BrO6/c8-1-3(10)5(12)7(14)6(13)4(11)2-9/h4,6-7,9,11,13-14H,1-2H2/t4-,6+,7+/m1/s1/i1D/t1?,4-,6+,7+. The molecular weight excluding hydrogens is 260 g/mol. The molecule has 4 atom stereocenters. The normalized spacial score (nSPS) is 20.5. The maximum absolute atomic E-state index is 11.0. The first-order valence-corrected chi connectivity index (χ1v) is 4.54. The fourth-order valence-electron chi connectivity index (χ4n) is 0.673. The number of hydrogen-bond donors (Lipinski definition) is 4. The van der Waals surface area contributed by atoms with Crippen LogP contribution < -0.4 is 0 Å². The number of rotatable bonds is 6. The molecule has 0 fully saturated rings. The molecule has 0 aliphatic carbocycles. The zero-order valence-corrected chi connectivity index (χ0v) is 8.59. The maximum Gasteiger partial charge on any atom is 0.230 e. The Labute approximate surface area is 89.7 Å². The molecule has 0 aromatic carbocycles. The van der Waals surface area contributed by atoms with Crippen LogP contribution in [0.1, 0.15) is 1.37 Å². The lowest BCUT2D eigenvalue weighted by Gasteiger charge is -2.19. The van der Waals surface area contributed by atoms with E-state index in [1.165, 1.54) is 0 Å². The Kier molecular flexibility index (Phi) is 5.20. The summed E-state index contributed by atoms with van der Waals surface area (Å²) in [6.45, 7) is -0.863. The molecule has 4 N–H and O–H groups in total. The lowest BCUT2D eigenvalue weighted by molar-refractivity contribution is -0.148. The van der Waals surface area contributed by atoms with Gasteiger partial charge in [0.25, 0.3) is 0 Å². The number of aliphatic hydroxyl groups excluding tert-OH is 4. The van der Waals surface area contributed by atoms with Crippen LogP contribution in [0.4, 0.5) is 0 Å². The molecule has 6 nitrogen and oxygen atoms in total. The Hall–Kier alpha value is -0.340. The topological polar surface area (TPSA) is 115 Å². The Morgan fingerprint density at radius 1 is 1.36 bits per heavy atom. The van der Waals surface area contributed by atoms with Gasteiger partial charge < -0.3 is 20.4 Å². The highest BCUT2D eigenvalue weighted by Gasteiger charge is 2.32. The third-order valence-electron chi connectivity index (χ3n) is 1.52. The highest BCUT2D eigenvalue weighted by molar-refractivity contribution is 9.09. The molecule has 1 unspecified atom stereocenters. The average Bonchev–Trinajstić information content (AvgIpc) is 2.23. The van der Waals surface area contributed by atoms with Crippen LogP contribution in [-0.2, 0) is 9.59 Å². The van der Waals surface area contributed by atoms with Crippen molar-refractivity contribution < 1.29 is 31.4 Å². The largest absolute Gasteiger partial charge is 0.394 e. The van der Waals surface area contributed by atoms with Crippen molar-refractivity contribution >= 4 is 27.5 Å². The molecule has 0 amide bonds. The number of halogens is 1. The molecule has 0 aromatic rings. The smallest absolute Gasteiger partial charge is 0.230 e. The van der Waals surface area contributed by atoms with Crippen molar-refractivity contribution in [1.82, 2.24) is 0 Å². The summed E-state index contributed by atoms with van der Waals surface area (Å²) in [6, 6.07) is 0. The summed E-state index contributed by atoms with van der Waals surface area (Å²) in [5, 5.41) is 34.0. The van der Waals surface area contributed by atoms with Gasteiger partial charge in [-0.15, -0.1) is 0 Å². The van der Waals surface area contributed by atoms with E-state index >= 15 is 0 Å². The number of ketones is 2. The van der Waals surface area contributed by atoms with Gasteiger partial charge in [-0.25, -0.2) is 0 Å². The molecule has 0 heterocycles. The van der Waals surface area contributed by atoms with Gasteiger partial charge in [-0.05, 0) is 0 Å². The molecule has 0 radical (unpaired) electrons. The van der Waals surface area contributed by atoms with Crippen molar-refractivity contribution in [3.8, 4) is 0 Å². The molecule has 0 rings (SSSR count). The van der Waals surface area contributed by atoms with Crippen molar-refractivity contribution in [2.75, 3.05) is 11.9 Å². The van der Waals surface area contributed by atoms with Crippen LogP contribution >= 0.6 is 15.9 Å². The van der Waals surface area contributed by atoms with Crippen LogP contribution in [0.2, 0.25) is 0 Å². The molecule has 0 saturated heterocycles. The third-order valence-corrected chi connectivity index (χ3v) is 1.93. The summed E-state index contributed by atoms with van der Waals surface area (Å²) in [7, 11) is 0. The molecule has 0 aliphatic rings. The van der Waals surface area contributed by atoms with E-state index in [9.17, 15) is 9.59 Å². The summed E-state index contributed by atoms with van der Waals surface area (Å²) in [4.78, 5) is 21.9. The van der Waals surface area contributed by atoms with E-state index in [0.29, 0.717) is 0 Å². The fourth-order valence-corrected chi connectivity index (χ4v) is 0.899. The van der Waals surface area contributed by atoms with E-state index in [-0.39, 0.29) is 0 Å². The van der Waals surface area contributed by atoms with Gasteiger partial charge in [0, 0.05) is 1.37 Å². The highest BCUT2D eigenvalue weighted by atomic mass is 79.9. The summed E-state index contributed by atoms with van der Waals surface area (Å²) < 4.78 is 6.84. The van der Waals surface area contributed by atoms with Gasteiger partial charge in [-0.2, -0.15) is 0 Å². The molecule has 82 valence electrons. The lowest BCUT2D eigenvalue weighted by atomic mass is 10.0. The second-order valence-corrected chi connectivity index (χ2v) is 2.98. The third kappa shape index (κ3) is 3.43. The summed E-state index contributed by atoms with van der Waals surface area (Å²) in [5.74, 6) is -2.64. The number of Topliss-reactive ketones (excluding diaryl/α,β-unsaturated/α-hetero) is 2. The molecular formula is C7H11BrO6. The van der Waals surface area contributed by atoms with E-state index in [4.69, 9.17) is 21.8 Å². The lowest BCUT2D eigenvalue weighted by Crippen LogP contribution is -2.46. The second-order valence-electron chi connectivity index (χ2n) is 2.52. The van der Waals surface area contributed by atoms with E-state index in [1.807, 2.05) is 0 Å². The van der Waals surface area contributed by atoms with Gasteiger partial charge in [-0.3, -0.25) is 9.59 Å². The van der Waals surface area contributed by atoms with Crippen molar-refractivity contribution in [3.63, 3.8) is 0 Å². The number of aliphatic hydroxyl groups is 4. The Morgan fingerprint density at radius 3 is 2.21 bits per heavy atom. The van der Waals surface area contributed by atoms with Crippen LogP contribution in [0, 0.1) is 0 Å². The first kappa shape index (κ1) is 11.7. The van der Waals surface area contributed by atoms with Crippen molar-refractivity contribution in [2.45, 2.75) is 18.3 Å². The van der Waals surface area contributed by atoms with E-state index < -0.39 is 41.8 Å². The van der Waals surface area contributed by atoms with E-state index in [0.717, 1.165) is 0 Å². The van der Waals surface area contributed by atoms with E-state index in [2.05, 4.69) is 15.9 Å². The fraction of sp³-hybridized carbons (Fsp3) is 0.714. The molecule has 0 bridgehead atoms. The predicted octanol–water partition coefficient (Wildman–Crippen LogP) is -2.41. The molecule has 0 aliphatic heterocycles. The van der Waals surface area contributed by atoms with Crippen molar-refractivity contribution in [3.05, 3.63) is 0 Å². The first-order chi connectivity index (χ1) is 6.82. The van der Waals surface area contributed by atoms with Gasteiger partial charge in [0.1, 0.15) is 18.3 Å². The van der Waals surface area contributed by atoms with E-state index in [1.54, 1.807) is 0 Å². The summed E-state index contributed by atoms with van der Waals surface area (Å²) in [6.07, 6.45) is -5.83. The molecule has 7 heteroatoms. The van der Waals surface area contributed by atoms with Crippen LogP contribution in [0.15, 0.2) is 0 Å². The summed E-state index contributed by atoms with van der Waals surface area (Å²) in [5.41, 5.74) is 0. The zero-order valence-electron chi connectivity index (χ0n) is 8.00. The van der Waals surface area contributed by atoms with Gasteiger partial charge >= 0.3 is 0 Å². The van der Waals surface area contributed by atoms with Crippen LogP contribution in [0.5, 0.6) is 0 Å². The predicted molar refractivity (Wildman–Crippen MR) is 48.9 cm³/mol. The van der Waals surface area contributed by atoms with Crippen LogP contribution in [-0.4, -0.2) is 62.2 Å². The minimum atomic E-state index is -2.15. The average molecular weight is 272 g/mol. The molecule has 14 heavy (non-hydrogen) atoms. The quantitative estimate of drug-likeness (QED) is 0.316. The van der Waals surface area contributed by atoms with Gasteiger partial charge in [-0.1, -0.05) is 15.9 Å². The number of hydrogen-bond acceptors (Lipinski definition) is 6. The SMILES string of the molecule is [2H]C(Br)C(=O)C(=O)[C@H](O)[C@@H](O)[C@H](O)CO. The van der Waals surface area contributed by atoms with Crippen LogP contribution in [0.3, 0.4) is 0 Å². The van der Waals surface area contributed by atoms with Gasteiger partial charge in [0.05, 0.1) is 11.9 Å². The maximum atomic E-state index is 11.0. The zero-order chi connectivity index (χ0) is 12.2. The van der Waals surface area contributed by atoms with Crippen molar-refractivity contribution in [1.29, 1.82) is 0 Å². The number of alkyl halides is 1. The van der Waals surface area contributed by atoms with Gasteiger partial charge in [0.2, 0.25) is 11.6 Å². The molecule has 0 saturated carbocycles. The molecule has 0 spiro atoms. The Morgan fingerprint density at radius 2 is 1.86 bits per heavy atom. The van der Waals surface area contributed by atoms with Crippen molar-refractivity contribution in [2.24, 2.45) is 0 Å². The second kappa shape index (κ2) is 6.20.